The van der Waals surface area contributed by atoms with E-state index in [0.29, 0.717) is 31.6 Å². The fraction of sp³-hybridized carbons (Fsp3) is 0.314. The molecule has 46 heavy (non-hydrogen) atoms. The Morgan fingerprint density at radius 1 is 0.891 bits per heavy atom. The molecule has 238 valence electrons. The average molecular weight is 625 g/mol. The summed E-state index contributed by atoms with van der Waals surface area (Å²) in [6, 6.07) is 20.4. The monoisotopic (exact) mass is 624 g/mol. The number of benzene rings is 3. The van der Waals surface area contributed by atoms with Crippen molar-refractivity contribution in [3.8, 4) is 11.1 Å². The van der Waals surface area contributed by atoms with E-state index in [-0.39, 0.29) is 55.8 Å². The van der Waals surface area contributed by atoms with Crippen molar-refractivity contribution in [3.05, 3.63) is 107 Å². The van der Waals surface area contributed by atoms with Crippen LogP contribution in [0.25, 0.3) is 11.1 Å². The third-order valence-electron chi connectivity index (χ3n) is 8.94. The number of amides is 3. The van der Waals surface area contributed by atoms with Crippen LogP contribution in [0.15, 0.2) is 79.4 Å². The van der Waals surface area contributed by atoms with Crippen molar-refractivity contribution < 1.29 is 33.8 Å². The first-order chi connectivity index (χ1) is 22.3. The maximum atomic E-state index is 13.9. The van der Waals surface area contributed by atoms with Crippen molar-refractivity contribution in [2.24, 2.45) is 0 Å². The average Bonchev–Trinajstić information content (AvgIpc) is 3.38. The summed E-state index contributed by atoms with van der Waals surface area (Å²) in [5.74, 6) is -1.44. The van der Waals surface area contributed by atoms with E-state index in [0.717, 1.165) is 27.8 Å². The first kappa shape index (κ1) is 30.8. The number of piperazine rings is 1. The number of nitrogens with one attached hydrogen (secondary N) is 2. The number of nitrogens with zero attached hydrogens (tertiary/aromatic N) is 2. The number of fused-ring (bicyclic) bond motifs is 5. The van der Waals surface area contributed by atoms with Gasteiger partial charge in [-0.3, -0.25) is 9.69 Å². The van der Waals surface area contributed by atoms with E-state index < -0.39 is 18.2 Å². The molecule has 11 nitrogen and oxygen atoms in total. The molecular weight excluding hydrogens is 588 g/mol. The number of alkyl carbamates (subject to hydrolysis) is 2. The molecule has 3 heterocycles. The molecule has 3 aromatic carbocycles. The molecule has 3 atom stereocenters. The molecular formula is C35H36N4O7. The molecule has 0 radical (unpaired) electrons. The highest BCUT2D eigenvalue weighted by molar-refractivity contribution is 5.99. The quantitative estimate of drug-likeness (QED) is 0.285. The number of ether oxygens (including phenoxy) is 2. The Bertz CT molecular complexity index is 1630. The Morgan fingerprint density at radius 2 is 1.59 bits per heavy atom. The van der Waals surface area contributed by atoms with E-state index in [1.165, 1.54) is 18.2 Å². The van der Waals surface area contributed by atoms with Crippen LogP contribution in [0.3, 0.4) is 0 Å². The van der Waals surface area contributed by atoms with Gasteiger partial charge in [0.2, 0.25) is 0 Å². The predicted molar refractivity (Wildman–Crippen MR) is 170 cm³/mol. The Kier molecular flexibility index (Phi) is 9.02. The van der Waals surface area contributed by atoms with E-state index in [4.69, 9.17) is 9.47 Å². The first-order valence-corrected chi connectivity index (χ1v) is 15.4. The second-order valence-corrected chi connectivity index (χ2v) is 11.7. The standard InChI is InChI=1S/C35H36N4O7/c1-2-15-45-34(43)36-14-13-24-19-38-18-23-12-11-22(33(41)42)16-30(23)32(40)39(24)20-25(38)17-37-35(44)46-21-31-28-9-5-3-7-26(28)27-8-4-6-10-29(27)31/h2-12,16,24-25,31H,1,13-15,17-21H2,(H,36,43)(H,37,44)(H,41,42)/t24-,25+/m1/s1. The molecule has 1 saturated heterocycles. The van der Waals surface area contributed by atoms with Crippen LogP contribution in [0.2, 0.25) is 0 Å². The molecule has 3 aromatic rings. The summed E-state index contributed by atoms with van der Waals surface area (Å²) in [6.07, 6.45) is 0.836. The minimum absolute atomic E-state index is 0.0383. The molecule has 3 amide bonds. The van der Waals surface area contributed by atoms with Gasteiger partial charge in [0.1, 0.15) is 13.2 Å². The van der Waals surface area contributed by atoms with Crippen molar-refractivity contribution in [1.29, 1.82) is 0 Å². The molecule has 11 heteroatoms. The second kappa shape index (κ2) is 13.5. The SMILES string of the molecule is C=CCOC(=O)NCC[C@@H]1CN2Cc3ccc(C(=O)O)cc3C(=O)N1C[C@@H]2CNC(=O)OCC1c2ccccc2-c2ccccc21. The van der Waals surface area contributed by atoms with Crippen LogP contribution >= 0.6 is 0 Å². The zero-order valence-corrected chi connectivity index (χ0v) is 25.3. The Labute approximate surface area is 266 Å². The van der Waals surface area contributed by atoms with Crippen molar-refractivity contribution in [2.75, 3.05) is 39.4 Å². The summed E-state index contributed by atoms with van der Waals surface area (Å²) < 4.78 is 10.7. The van der Waals surface area contributed by atoms with Crippen LogP contribution < -0.4 is 10.6 Å². The summed E-state index contributed by atoms with van der Waals surface area (Å²) in [6.45, 7) is 5.57. The lowest BCUT2D eigenvalue weighted by Gasteiger charge is -2.48. The van der Waals surface area contributed by atoms with Crippen LogP contribution in [-0.4, -0.2) is 90.4 Å². The lowest BCUT2D eigenvalue weighted by atomic mass is 9.94. The third-order valence-corrected chi connectivity index (χ3v) is 8.94. The van der Waals surface area contributed by atoms with Crippen LogP contribution in [0.1, 0.15) is 49.7 Å². The number of hydrogen-bond donors (Lipinski definition) is 3. The molecule has 0 spiro atoms. The highest BCUT2D eigenvalue weighted by atomic mass is 16.6. The summed E-state index contributed by atoms with van der Waals surface area (Å²) in [4.78, 5) is 54.4. The van der Waals surface area contributed by atoms with Gasteiger partial charge < -0.3 is 30.1 Å². The molecule has 2 bridgehead atoms. The minimum Gasteiger partial charge on any atom is -0.478 e. The maximum absolute atomic E-state index is 13.9. The van der Waals surface area contributed by atoms with Crippen LogP contribution in [0.4, 0.5) is 9.59 Å². The number of carbonyl (C=O) groups is 4. The fourth-order valence-electron chi connectivity index (χ4n) is 6.69. The number of carbonyl (C=O) groups excluding carboxylic acids is 3. The van der Waals surface area contributed by atoms with Gasteiger partial charge in [0, 0.05) is 56.3 Å². The van der Waals surface area contributed by atoms with Gasteiger partial charge >= 0.3 is 18.2 Å². The van der Waals surface area contributed by atoms with Crippen LogP contribution in [0, 0.1) is 0 Å². The van der Waals surface area contributed by atoms with Gasteiger partial charge in [-0.25, -0.2) is 14.4 Å². The van der Waals surface area contributed by atoms with E-state index in [2.05, 4.69) is 46.4 Å². The van der Waals surface area contributed by atoms with Gasteiger partial charge in [-0.05, 0) is 46.4 Å². The fourth-order valence-corrected chi connectivity index (χ4v) is 6.69. The highest BCUT2D eigenvalue weighted by Crippen LogP contribution is 2.44. The van der Waals surface area contributed by atoms with Gasteiger partial charge in [-0.2, -0.15) is 0 Å². The summed E-state index contributed by atoms with van der Waals surface area (Å²) >= 11 is 0. The molecule has 3 N–H and O–H groups in total. The molecule has 0 saturated carbocycles. The molecule has 1 unspecified atom stereocenters. The van der Waals surface area contributed by atoms with Crippen molar-refractivity contribution in [3.63, 3.8) is 0 Å². The first-order valence-electron chi connectivity index (χ1n) is 15.4. The van der Waals surface area contributed by atoms with Gasteiger partial charge in [0.15, 0.2) is 0 Å². The summed E-state index contributed by atoms with van der Waals surface area (Å²) in [7, 11) is 0. The topological polar surface area (TPSA) is 138 Å². The molecule has 7 rings (SSSR count). The Balaban J connectivity index is 1.13. The lowest BCUT2D eigenvalue weighted by Crippen LogP contribution is -2.63. The van der Waals surface area contributed by atoms with E-state index in [9.17, 15) is 24.3 Å². The number of hydrogen-bond acceptors (Lipinski definition) is 7. The van der Waals surface area contributed by atoms with Gasteiger partial charge in [-0.15, -0.1) is 0 Å². The summed E-state index contributed by atoms with van der Waals surface area (Å²) in [5.41, 5.74) is 5.66. The number of carboxylic acids is 1. The zero-order valence-electron chi connectivity index (χ0n) is 25.3. The normalized spacial score (nSPS) is 19.6. The highest BCUT2D eigenvalue weighted by Gasteiger charge is 2.40. The molecule has 1 fully saturated rings. The maximum Gasteiger partial charge on any atom is 0.407 e. The van der Waals surface area contributed by atoms with Crippen molar-refractivity contribution >= 4 is 24.1 Å². The largest absolute Gasteiger partial charge is 0.478 e. The van der Waals surface area contributed by atoms with Crippen molar-refractivity contribution in [2.45, 2.75) is 31.0 Å². The molecule has 0 aromatic heterocycles. The van der Waals surface area contributed by atoms with Gasteiger partial charge in [0.05, 0.1) is 5.56 Å². The second-order valence-electron chi connectivity index (χ2n) is 11.7. The van der Waals surface area contributed by atoms with Gasteiger partial charge in [-0.1, -0.05) is 67.3 Å². The predicted octanol–water partition coefficient (Wildman–Crippen LogP) is 4.23. The summed E-state index contributed by atoms with van der Waals surface area (Å²) in [5, 5.41) is 15.2. The number of rotatable bonds is 10. The number of carboxylic acid groups (broad SMARTS) is 1. The lowest BCUT2D eigenvalue weighted by molar-refractivity contribution is 0.0132. The minimum atomic E-state index is -1.11. The van der Waals surface area contributed by atoms with E-state index >= 15 is 0 Å². The van der Waals surface area contributed by atoms with Crippen molar-refractivity contribution in [1.82, 2.24) is 20.4 Å². The van der Waals surface area contributed by atoms with E-state index in [1.54, 1.807) is 11.0 Å². The third kappa shape index (κ3) is 6.32. The van der Waals surface area contributed by atoms with Crippen LogP contribution in [0.5, 0.6) is 0 Å². The van der Waals surface area contributed by atoms with Gasteiger partial charge in [0.25, 0.3) is 5.91 Å². The zero-order chi connectivity index (χ0) is 32.2. The Morgan fingerprint density at radius 3 is 2.28 bits per heavy atom. The van der Waals surface area contributed by atoms with Crippen LogP contribution in [-0.2, 0) is 16.0 Å². The smallest absolute Gasteiger partial charge is 0.407 e. The molecule has 3 aliphatic heterocycles. The number of aromatic carboxylic acids is 1. The Hall–Kier alpha value is -5.16. The van der Waals surface area contributed by atoms with E-state index in [1.807, 2.05) is 24.3 Å². The molecule has 4 aliphatic rings. The molecule has 1 aliphatic carbocycles.